The lowest BCUT2D eigenvalue weighted by atomic mass is 10.2. The SMILES string of the molecule is O=S1(=O)CCC(NCCCC2CC2)C1. The van der Waals surface area contributed by atoms with E-state index in [1.807, 2.05) is 0 Å². The van der Waals surface area contributed by atoms with Gasteiger partial charge < -0.3 is 5.32 Å². The van der Waals surface area contributed by atoms with Crippen LogP contribution in [0.4, 0.5) is 0 Å². The van der Waals surface area contributed by atoms with Crippen molar-refractivity contribution in [1.82, 2.24) is 5.32 Å². The largest absolute Gasteiger partial charge is 0.313 e. The highest BCUT2D eigenvalue weighted by molar-refractivity contribution is 7.91. The Hall–Kier alpha value is -0.0900. The summed E-state index contributed by atoms with van der Waals surface area (Å²) in [5.74, 6) is 1.73. The van der Waals surface area contributed by atoms with Gasteiger partial charge in [-0.25, -0.2) is 8.42 Å². The molecule has 0 bridgehead atoms. The Kier molecular flexibility index (Phi) is 3.12. The Labute approximate surface area is 86.2 Å². The summed E-state index contributed by atoms with van der Waals surface area (Å²) in [7, 11) is -2.70. The number of hydrogen-bond donors (Lipinski definition) is 1. The Morgan fingerprint density at radius 1 is 1.21 bits per heavy atom. The molecule has 0 amide bonds. The zero-order chi connectivity index (χ0) is 10.0. The molecule has 0 spiro atoms. The predicted molar refractivity (Wildman–Crippen MR) is 57.0 cm³/mol. The molecule has 1 aliphatic carbocycles. The first kappa shape index (κ1) is 10.4. The van der Waals surface area contributed by atoms with Crippen molar-refractivity contribution in [3.63, 3.8) is 0 Å². The number of sulfone groups is 1. The number of nitrogens with one attached hydrogen (secondary N) is 1. The highest BCUT2D eigenvalue weighted by Gasteiger charge is 2.27. The molecule has 2 rings (SSSR count). The van der Waals surface area contributed by atoms with Crippen LogP contribution in [0.25, 0.3) is 0 Å². The number of hydrogen-bond acceptors (Lipinski definition) is 3. The van der Waals surface area contributed by atoms with Crippen molar-refractivity contribution in [2.75, 3.05) is 18.1 Å². The zero-order valence-corrected chi connectivity index (χ0v) is 9.35. The molecule has 2 aliphatic rings. The van der Waals surface area contributed by atoms with E-state index in [1.54, 1.807) is 0 Å². The van der Waals surface area contributed by atoms with E-state index in [4.69, 9.17) is 0 Å². The summed E-state index contributed by atoms with van der Waals surface area (Å²) < 4.78 is 22.3. The molecule has 0 radical (unpaired) electrons. The fourth-order valence-electron chi connectivity index (χ4n) is 2.06. The molecular weight excluding hydrogens is 198 g/mol. The van der Waals surface area contributed by atoms with Gasteiger partial charge in [0.2, 0.25) is 0 Å². The van der Waals surface area contributed by atoms with Crippen LogP contribution in [0.1, 0.15) is 32.1 Å². The minimum atomic E-state index is -2.70. The van der Waals surface area contributed by atoms with Gasteiger partial charge in [-0.3, -0.25) is 0 Å². The average molecular weight is 217 g/mol. The van der Waals surface area contributed by atoms with Crippen molar-refractivity contribution >= 4 is 9.84 Å². The molecule has 0 aromatic heterocycles. The smallest absolute Gasteiger partial charge is 0.151 e. The summed E-state index contributed by atoms with van der Waals surface area (Å²) in [5.41, 5.74) is 0. The minimum absolute atomic E-state index is 0.235. The summed E-state index contributed by atoms with van der Waals surface area (Å²) in [4.78, 5) is 0. The van der Waals surface area contributed by atoms with Crippen LogP contribution in [-0.2, 0) is 9.84 Å². The van der Waals surface area contributed by atoms with Gasteiger partial charge in [0.25, 0.3) is 0 Å². The van der Waals surface area contributed by atoms with Crippen LogP contribution in [0, 0.1) is 5.92 Å². The van der Waals surface area contributed by atoms with Gasteiger partial charge in [0.05, 0.1) is 11.5 Å². The van der Waals surface area contributed by atoms with E-state index in [1.165, 1.54) is 25.7 Å². The maximum atomic E-state index is 11.2. The van der Waals surface area contributed by atoms with Crippen molar-refractivity contribution in [3.05, 3.63) is 0 Å². The first-order chi connectivity index (χ1) is 6.66. The van der Waals surface area contributed by atoms with Crippen molar-refractivity contribution in [3.8, 4) is 0 Å². The summed E-state index contributed by atoms with van der Waals surface area (Å²) in [5, 5.41) is 3.34. The maximum absolute atomic E-state index is 11.2. The Morgan fingerprint density at radius 2 is 2.00 bits per heavy atom. The molecular formula is C10H19NO2S. The van der Waals surface area contributed by atoms with Gasteiger partial charge in [0.15, 0.2) is 9.84 Å². The molecule has 1 atom stereocenters. The number of rotatable bonds is 5. The molecule has 1 N–H and O–H groups in total. The van der Waals surface area contributed by atoms with Gasteiger partial charge in [0.1, 0.15) is 0 Å². The zero-order valence-electron chi connectivity index (χ0n) is 8.54. The van der Waals surface area contributed by atoms with Crippen molar-refractivity contribution in [2.24, 2.45) is 5.92 Å². The molecule has 0 aromatic carbocycles. The lowest BCUT2D eigenvalue weighted by Crippen LogP contribution is -2.30. The third-order valence-electron chi connectivity index (χ3n) is 3.15. The molecule has 1 unspecified atom stereocenters. The van der Waals surface area contributed by atoms with E-state index in [-0.39, 0.29) is 6.04 Å². The normalized spacial score (nSPS) is 30.7. The van der Waals surface area contributed by atoms with Crippen LogP contribution in [-0.4, -0.2) is 32.5 Å². The van der Waals surface area contributed by atoms with Gasteiger partial charge in [-0.15, -0.1) is 0 Å². The van der Waals surface area contributed by atoms with E-state index in [2.05, 4.69) is 5.32 Å². The molecule has 0 aromatic rings. The van der Waals surface area contributed by atoms with Gasteiger partial charge in [-0.2, -0.15) is 0 Å². The summed E-state index contributed by atoms with van der Waals surface area (Å²) in [6.07, 6.45) is 6.18. The summed E-state index contributed by atoms with van der Waals surface area (Å²) in [6, 6.07) is 0.235. The predicted octanol–water partition coefficient (Wildman–Crippen LogP) is 0.953. The summed E-state index contributed by atoms with van der Waals surface area (Å²) >= 11 is 0. The highest BCUT2D eigenvalue weighted by atomic mass is 32.2. The molecule has 1 saturated carbocycles. The molecule has 4 heteroatoms. The lowest BCUT2D eigenvalue weighted by Gasteiger charge is -2.09. The fraction of sp³-hybridized carbons (Fsp3) is 1.00. The van der Waals surface area contributed by atoms with Crippen molar-refractivity contribution < 1.29 is 8.42 Å². The highest BCUT2D eigenvalue weighted by Crippen LogP contribution is 2.33. The van der Waals surface area contributed by atoms with Crippen LogP contribution in [0.3, 0.4) is 0 Å². The van der Waals surface area contributed by atoms with Gasteiger partial charge >= 0.3 is 0 Å². The van der Waals surface area contributed by atoms with Gasteiger partial charge in [-0.1, -0.05) is 12.8 Å². The monoisotopic (exact) mass is 217 g/mol. The summed E-state index contributed by atoms with van der Waals surface area (Å²) in [6.45, 7) is 0.997. The van der Waals surface area contributed by atoms with E-state index in [9.17, 15) is 8.42 Å². The van der Waals surface area contributed by atoms with Crippen LogP contribution < -0.4 is 5.32 Å². The van der Waals surface area contributed by atoms with E-state index in [0.717, 1.165) is 18.9 Å². The van der Waals surface area contributed by atoms with Crippen LogP contribution in [0.15, 0.2) is 0 Å². The van der Waals surface area contributed by atoms with Crippen molar-refractivity contribution in [2.45, 2.75) is 38.1 Å². The molecule has 2 fully saturated rings. The van der Waals surface area contributed by atoms with Gasteiger partial charge in [-0.05, 0) is 31.7 Å². The van der Waals surface area contributed by atoms with Crippen LogP contribution in [0.2, 0.25) is 0 Å². The van der Waals surface area contributed by atoms with Crippen LogP contribution >= 0.6 is 0 Å². The average Bonchev–Trinajstić information content (AvgIpc) is 2.86. The first-order valence-corrected chi connectivity index (χ1v) is 7.42. The third-order valence-corrected chi connectivity index (χ3v) is 4.92. The second-order valence-electron chi connectivity index (χ2n) is 4.64. The van der Waals surface area contributed by atoms with Crippen LogP contribution in [0.5, 0.6) is 0 Å². The molecule has 14 heavy (non-hydrogen) atoms. The lowest BCUT2D eigenvalue weighted by molar-refractivity contribution is 0.522. The van der Waals surface area contributed by atoms with E-state index in [0.29, 0.717) is 11.5 Å². The Morgan fingerprint density at radius 3 is 2.57 bits per heavy atom. The first-order valence-electron chi connectivity index (χ1n) is 5.59. The van der Waals surface area contributed by atoms with E-state index < -0.39 is 9.84 Å². The molecule has 1 heterocycles. The van der Waals surface area contributed by atoms with E-state index >= 15 is 0 Å². The molecule has 1 aliphatic heterocycles. The Bertz CT molecular complexity index is 282. The maximum Gasteiger partial charge on any atom is 0.151 e. The van der Waals surface area contributed by atoms with Crippen molar-refractivity contribution in [1.29, 1.82) is 0 Å². The Balaban J connectivity index is 1.57. The third kappa shape index (κ3) is 3.24. The second kappa shape index (κ2) is 4.19. The molecule has 1 saturated heterocycles. The second-order valence-corrected chi connectivity index (χ2v) is 6.87. The van der Waals surface area contributed by atoms with Gasteiger partial charge in [0, 0.05) is 6.04 Å². The topological polar surface area (TPSA) is 46.2 Å². The minimum Gasteiger partial charge on any atom is -0.313 e. The quantitative estimate of drug-likeness (QED) is 0.698. The molecule has 82 valence electrons. The fourth-order valence-corrected chi connectivity index (χ4v) is 3.77. The standard InChI is InChI=1S/C10H19NO2S/c12-14(13)7-5-10(8-14)11-6-1-2-9-3-4-9/h9-11H,1-8H2. The molecule has 3 nitrogen and oxygen atoms in total.